The summed E-state index contributed by atoms with van der Waals surface area (Å²) < 4.78 is 10.7. The average Bonchev–Trinajstić information content (AvgIpc) is 2.71. The maximum absolute atomic E-state index is 5.38. The van der Waals surface area contributed by atoms with Crippen LogP contribution in [-0.4, -0.2) is 0 Å². The predicted molar refractivity (Wildman–Crippen MR) is 50.7 cm³/mol. The molecule has 0 aliphatic rings. The highest BCUT2D eigenvalue weighted by Gasteiger charge is 2.07. The molecule has 0 saturated heterocycles. The molecule has 0 unspecified atom stereocenters. The maximum atomic E-state index is 5.38. The second kappa shape index (κ2) is 2.16. The zero-order valence-corrected chi connectivity index (χ0v) is 7.20. The summed E-state index contributed by atoms with van der Waals surface area (Å²) in [5, 5.41) is 2.22. The molecule has 0 saturated carbocycles. The number of aryl methyl sites for hydroxylation is 1. The first-order valence-electron chi connectivity index (χ1n) is 4.20. The largest absolute Gasteiger partial charge is 0.464 e. The number of benzene rings is 1. The molecule has 0 atom stereocenters. The zero-order valence-electron chi connectivity index (χ0n) is 7.20. The first kappa shape index (κ1) is 6.78. The van der Waals surface area contributed by atoms with Gasteiger partial charge in [0, 0.05) is 16.3 Å². The zero-order chi connectivity index (χ0) is 8.84. The van der Waals surface area contributed by atoms with E-state index in [9.17, 15) is 0 Å². The Labute approximate surface area is 74.7 Å². The summed E-state index contributed by atoms with van der Waals surface area (Å²) >= 11 is 0. The standard InChI is InChI=1S/C11H8O2/c1-7-9-3-5-12-10(9)6-8-2-4-13-11(7)8/h2-6H,1H3. The molecule has 64 valence electrons. The molecule has 1 aromatic carbocycles. The number of hydrogen-bond acceptors (Lipinski definition) is 2. The Bertz CT molecular complexity index is 523. The van der Waals surface area contributed by atoms with Crippen molar-refractivity contribution in [3.8, 4) is 0 Å². The van der Waals surface area contributed by atoms with Crippen LogP contribution in [-0.2, 0) is 0 Å². The lowest BCUT2D eigenvalue weighted by Gasteiger charge is -1.95. The molecule has 2 nitrogen and oxygen atoms in total. The van der Waals surface area contributed by atoms with Gasteiger partial charge in [-0.3, -0.25) is 0 Å². The van der Waals surface area contributed by atoms with Crippen LogP contribution in [0.1, 0.15) is 5.56 Å². The summed E-state index contributed by atoms with van der Waals surface area (Å²) in [6.07, 6.45) is 3.41. The smallest absolute Gasteiger partial charge is 0.137 e. The van der Waals surface area contributed by atoms with Crippen LogP contribution in [0.5, 0.6) is 0 Å². The fraction of sp³-hybridized carbons (Fsp3) is 0.0909. The first-order chi connectivity index (χ1) is 6.36. The van der Waals surface area contributed by atoms with E-state index in [4.69, 9.17) is 8.83 Å². The molecule has 3 aromatic rings. The second-order valence-electron chi connectivity index (χ2n) is 3.17. The third-order valence-electron chi connectivity index (χ3n) is 2.42. The van der Waals surface area contributed by atoms with Crippen molar-refractivity contribution < 1.29 is 8.83 Å². The maximum Gasteiger partial charge on any atom is 0.137 e. The summed E-state index contributed by atoms with van der Waals surface area (Å²) in [6.45, 7) is 2.05. The van der Waals surface area contributed by atoms with E-state index >= 15 is 0 Å². The van der Waals surface area contributed by atoms with Gasteiger partial charge in [0.1, 0.15) is 11.2 Å². The Morgan fingerprint density at radius 1 is 1.08 bits per heavy atom. The van der Waals surface area contributed by atoms with Gasteiger partial charge in [-0.2, -0.15) is 0 Å². The predicted octanol–water partition coefficient (Wildman–Crippen LogP) is 3.49. The van der Waals surface area contributed by atoms with Crippen LogP contribution in [0.15, 0.2) is 39.6 Å². The van der Waals surface area contributed by atoms with E-state index in [0.717, 1.165) is 27.5 Å². The summed E-state index contributed by atoms with van der Waals surface area (Å²) in [6, 6.07) is 5.91. The van der Waals surface area contributed by atoms with Crippen LogP contribution >= 0.6 is 0 Å². The molecule has 0 amide bonds. The van der Waals surface area contributed by atoms with Gasteiger partial charge < -0.3 is 8.83 Å². The minimum Gasteiger partial charge on any atom is -0.464 e. The molecule has 3 rings (SSSR count). The molecule has 0 spiro atoms. The number of rotatable bonds is 0. The van der Waals surface area contributed by atoms with E-state index in [-0.39, 0.29) is 0 Å². The van der Waals surface area contributed by atoms with Gasteiger partial charge in [0.05, 0.1) is 12.5 Å². The van der Waals surface area contributed by atoms with E-state index in [1.807, 2.05) is 25.1 Å². The normalized spacial score (nSPS) is 11.5. The minimum atomic E-state index is 0.923. The molecule has 0 N–H and O–H groups in total. The molecule has 2 aromatic heterocycles. The van der Waals surface area contributed by atoms with Crippen molar-refractivity contribution in [2.75, 3.05) is 0 Å². The topological polar surface area (TPSA) is 26.3 Å². The molecule has 2 heteroatoms. The van der Waals surface area contributed by atoms with Gasteiger partial charge >= 0.3 is 0 Å². The second-order valence-corrected chi connectivity index (χ2v) is 3.17. The average molecular weight is 172 g/mol. The van der Waals surface area contributed by atoms with Gasteiger partial charge in [0.2, 0.25) is 0 Å². The Hall–Kier alpha value is -1.70. The summed E-state index contributed by atoms with van der Waals surface area (Å²) in [5.74, 6) is 0. The Balaban J connectivity index is 2.67. The number of fused-ring (bicyclic) bond motifs is 2. The lowest BCUT2D eigenvalue weighted by atomic mass is 10.1. The highest BCUT2D eigenvalue weighted by atomic mass is 16.3. The van der Waals surface area contributed by atoms with Crippen molar-refractivity contribution in [1.29, 1.82) is 0 Å². The molecule has 0 aliphatic carbocycles. The fourth-order valence-corrected chi connectivity index (χ4v) is 1.74. The molecular weight excluding hydrogens is 164 g/mol. The van der Waals surface area contributed by atoms with E-state index in [1.165, 1.54) is 0 Å². The molecule has 0 fully saturated rings. The van der Waals surface area contributed by atoms with Gasteiger partial charge in [-0.05, 0) is 25.1 Å². The van der Waals surface area contributed by atoms with Crippen molar-refractivity contribution in [2.45, 2.75) is 6.92 Å². The van der Waals surface area contributed by atoms with E-state index < -0.39 is 0 Å². The monoisotopic (exact) mass is 172 g/mol. The van der Waals surface area contributed by atoms with Gasteiger partial charge in [-0.25, -0.2) is 0 Å². The van der Waals surface area contributed by atoms with Gasteiger partial charge in [-0.1, -0.05) is 0 Å². The Morgan fingerprint density at radius 3 is 2.85 bits per heavy atom. The van der Waals surface area contributed by atoms with E-state index in [2.05, 4.69) is 0 Å². The van der Waals surface area contributed by atoms with Gasteiger partial charge in [-0.15, -0.1) is 0 Å². The highest BCUT2D eigenvalue weighted by Crippen LogP contribution is 2.28. The SMILES string of the molecule is Cc1c2ccoc2cc2ccoc12. The molecule has 0 aliphatic heterocycles. The molecule has 2 heterocycles. The quantitative estimate of drug-likeness (QED) is 0.518. The number of hydrogen-bond donors (Lipinski definition) is 0. The highest BCUT2D eigenvalue weighted by molar-refractivity contribution is 5.97. The minimum absolute atomic E-state index is 0.923. The molecule has 0 bridgehead atoms. The molecule has 13 heavy (non-hydrogen) atoms. The summed E-state index contributed by atoms with van der Waals surface area (Å²) in [7, 11) is 0. The van der Waals surface area contributed by atoms with Crippen LogP contribution in [0, 0.1) is 6.92 Å². The van der Waals surface area contributed by atoms with Gasteiger partial charge in [0.25, 0.3) is 0 Å². The Kier molecular flexibility index (Phi) is 1.13. The van der Waals surface area contributed by atoms with E-state index in [0.29, 0.717) is 0 Å². The molecule has 0 radical (unpaired) electrons. The van der Waals surface area contributed by atoms with Crippen molar-refractivity contribution in [3.05, 3.63) is 36.3 Å². The van der Waals surface area contributed by atoms with Crippen LogP contribution in [0.2, 0.25) is 0 Å². The third-order valence-corrected chi connectivity index (χ3v) is 2.42. The lowest BCUT2D eigenvalue weighted by molar-refractivity contribution is 0.610. The van der Waals surface area contributed by atoms with Crippen LogP contribution in [0.25, 0.3) is 21.9 Å². The van der Waals surface area contributed by atoms with Crippen molar-refractivity contribution in [3.63, 3.8) is 0 Å². The van der Waals surface area contributed by atoms with Crippen LogP contribution < -0.4 is 0 Å². The van der Waals surface area contributed by atoms with Crippen LogP contribution in [0.3, 0.4) is 0 Å². The summed E-state index contributed by atoms with van der Waals surface area (Å²) in [5.41, 5.74) is 3.02. The van der Waals surface area contributed by atoms with Gasteiger partial charge in [0.15, 0.2) is 0 Å². The summed E-state index contributed by atoms with van der Waals surface area (Å²) in [4.78, 5) is 0. The van der Waals surface area contributed by atoms with Crippen molar-refractivity contribution in [1.82, 2.24) is 0 Å². The molecular formula is C11H8O2. The van der Waals surface area contributed by atoms with Crippen LogP contribution in [0.4, 0.5) is 0 Å². The lowest BCUT2D eigenvalue weighted by Crippen LogP contribution is -1.74. The van der Waals surface area contributed by atoms with Crippen molar-refractivity contribution in [2.24, 2.45) is 0 Å². The Morgan fingerprint density at radius 2 is 1.92 bits per heavy atom. The third kappa shape index (κ3) is 0.773. The number of furan rings is 2. The van der Waals surface area contributed by atoms with Crippen molar-refractivity contribution >= 4 is 21.9 Å². The fourth-order valence-electron chi connectivity index (χ4n) is 1.74. The first-order valence-corrected chi connectivity index (χ1v) is 4.20. The van der Waals surface area contributed by atoms with E-state index in [1.54, 1.807) is 12.5 Å².